The first-order valence-corrected chi connectivity index (χ1v) is 8.06. The van der Waals surface area contributed by atoms with Crippen LogP contribution in [0.5, 0.6) is 5.75 Å². The van der Waals surface area contributed by atoms with Crippen molar-refractivity contribution in [2.24, 2.45) is 0 Å². The van der Waals surface area contributed by atoms with Gasteiger partial charge in [-0.2, -0.15) is 0 Å². The van der Waals surface area contributed by atoms with E-state index in [9.17, 15) is 14.9 Å². The monoisotopic (exact) mass is 343 g/mol. The highest BCUT2D eigenvalue weighted by Gasteiger charge is 2.14. The number of nitro groups is 1. The van der Waals surface area contributed by atoms with Crippen LogP contribution < -0.4 is 15.4 Å². The number of hydrogen-bond donors (Lipinski definition) is 2. The Morgan fingerprint density at radius 1 is 1.16 bits per heavy atom. The molecule has 0 unspecified atom stereocenters. The van der Waals surface area contributed by atoms with Crippen molar-refractivity contribution < 1.29 is 14.5 Å². The molecule has 0 aliphatic rings. The highest BCUT2D eigenvalue weighted by Crippen LogP contribution is 2.25. The van der Waals surface area contributed by atoms with Crippen LogP contribution >= 0.6 is 0 Å². The minimum absolute atomic E-state index is 0.0616. The van der Waals surface area contributed by atoms with E-state index in [1.165, 1.54) is 12.1 Å². The van der Waals surface area contributed by atoms with Gasteiger partial charge < -0.3 is 15.4 Å². The molecule has 0 saturated heterocycles. The number of rotatable bonds is 9. The lowest BCUT2D eigenvalue weighted by molar-refractivity contribution is -0.385. The second-order valence-corrected chi connectivity index (χ2v) is 5.31. The summed E-state index contributed by atoms with van der Waals surface area (Å²) >= 11 is 0. The van der Waals surface area contributed by atoms with Gasteiger partial charge in [0.1, 0.15) is 0 Å². The van der Waals surface area contributed by atoms with Gasteiger partial charge in [0.05, 0.1) is 18.0 Å². The summed E-state index contributed by atoms with van der Waals surface area (Å²) in [4.78, 5) is 22.5. The van der Waals surface area contributed by atoms with Crippen molar-refractivity contribution in [1.82, 2.24) is 5.32 Å². The zero-order valence-electron chi connectivity index (χ0n) is 14.0. The van der Waals surface area contributed by atoms with Gasteiger partial charge in [-0.15, -0.1) is 0 Å². The van der Waals surface area contributed by atoms with E-state index in [0.717, 1.165) is 17.8 Å². The molecule has 2 aromatic carbocycles. The lowest BCUT2D eigenvalue weighted by Crippen LogP contribution is -2.18. The van der Waals surface area contributed by atoms with Gasteiger partial charge in [0, 0.05) is 18.3 Å². The van der Waals surface area contributed by atoms with Crippen LogP contribution in [0.25, 0.3) is 0 Å². The Morgan fingerprint density at radius 2 is 1.88 bits per heavy atom. The largest absolute Gasteiger partial charge is 0.486 e. The third-order valence-electron chi connectivity index (χ3n) is 3.51. The molecule has 2 rings (SSSR count). The molecule has 0 heterocycles. The molecule has 0 atom stereocenters. The van der Waals surface area contributed by atoms with E-state index in [4.69, 9.17) is 4.74 Å². The number of nitro benzene ring substituents is 1. The number of amides is 1. The van der Waals surface area contributed by atoms with Crippen molar-refractivity contribution >= 4 is 17.3 Å². The molecule has 0 saturated carbocycles. The van der Waals surface area contributed by atoms with Crippen LogP contribution in [-0.2, 0) is 11.3 Å². The maximum atomic E-state index is 12.1. The van der Waals surface area contributed by atoms with Crippen LogP contribution in [-0.4, -0.2) is 24.0 Å². The zero-order chi connectivity index (χ0) is 18.1. The zero-order valence-corrected chi connectivity index (χ0v) is 14.0. The summed E-state index contributed by atoms with van der Waals surface area (Å²) in [5.41, 5.74) is 1.63. The Bertz CT molecular complexity index is 734. The molecule has 0 bridgehead atoms. The number of para-hydroxylation sites is 3. The number of anilines is 1. The van der Waals surface area contributed by atoms with E-state index < -0.39 is 4.92 Å². The molecule has 0 fully saturated rings. The fourth-order valence-corrected chi connectivity index (χ4v) is 2.25. The SMILES string of the molecule is CCNCc1ccccc1NC(=O)CCOc1ccccc1[N+](=O)[O-]. The average molecular weight is 343 g/mol. The molecule has 0 aliphatic heterocycles. The third-order valence-corrected chi connectivity index (χ3v) is 3.51. The van der Waals surface area contributed by atoms with E-state index in [0.29, 0.717) is 6.54 Å². The lowest BCUT2D eigenvalue weighted by atomic mass is 10.1. The van der Waals surface area contributed by atoms with Crippen molar-refractivity contribution in [2.75, 3.05) is 18.5 Å². The van der Waals surface area contributed by atoms with Crippen LogP contribution in [0.2, 0.25) is 0 Å². The molecule has 132 valence electrons. The predicted octanol–water partition coefficient (Wildman–Crippen LogP) is 3.11. The quantitative estimate of drug-likeness (QED) is 0.539. The summed E-state index contributed by atoms with van der Waals surface area (Å²) in [5.74, 6) is -0.0459. The molecule has 2 aromatic rings. The summed E-state index contributed by atoms with van der Waals surface area (Å²) in [5, 5.41) is 17.0. The van der Waals surface area contributed by atoms with Crippen molar-refractivity contribution in [1.29, 1.82) is 0 Å². The first kappa shape index (κ1) is 18.4. The lowest BCUT2D eigenvalue weighted by Gasteiger charge is -2.12. The van der Waals surface area contributed by atoms with Crippen LogP contribution in [0.3, 0.4) is 0 Å². The first-order valence-electron chi connectivity index (χ1n) is 8.06. The molecule has 2 N–H and O–H groups in total. The highest BCUT2D eigenvalue weighted by atomic mass is 16.6. The van der Waals surface area contributed by atoms with E-state index >= 15 is 0 Å². The summed E-state index contributed by atoms with van der Waals surface area (Å²) in [6.45, 7) is 3.58. The Labute approximate surface area is 146 Å². The number of ether oxygens (including phenoxy) is 1. The summed E-state index contributed by atoms with van der Waals surface area (Å²) in [6, 6.07) is 13.7. The van der Waals surface area contributed by atoms with Crippen LogP contribution in [0.4, 0.5) is 11.4 Å². The number of benzene rings is 2. The van der Waals surface area contributed by atoms with Crippen LogP contribution in [0, 0.1) is 10.1 Å². The molecule has 0 spiro atoms. The van der Waals surface area contributed by atoms with Gasteiger partial charge in [-0.1, -0.05) is 37.3 Å². The van der Waals surface area contributed by atoms with Crippen LogP contribution in [0.15, 0.2) is 48.5 Å². The second-order valence-electron chi connectivity index (χ2n) is 5.31. The molecule has 25 heavy (non-hydrogen) atoms. The van der Waals surface area contributed by atoms with Crippen molar-refractivity contribution in [3.63, 3.8) is 0 Å². The summed E-state index contributed by atoms with van der Waals surface area (Å²) < 4.78 is 5.39. The predicted molar refractivity (Wildman–Crippen MR) is 95.7 cm³/mol. The molecule has 1 amide bonds. The molecule has 7 nitrogen and oxygen atoms in total. The first-order chi connectivity index (χ1) is 12.1. The third kappa shape index (κ3) is 5.58. The van der Waals surface area contributed by atoms with E-state index in [1.807, 2.05) is 31.2 Å². The maximum Gasteiger partial charge on any atom is 0.310 e. The highest BCUT2D eigenvalue weighted by molar-refractivity contribution is 5.91. The number of nitrogens with zero attached hydrogens (tertiary/aromatic N) is 1. The Morgan fingerprint density at radius 3 is 2.64 bits per heavy atom. The minimum atomic E-state index is -0.508. The minimum Gasteiger partial charge on any atom is -0.486 e. The van der Waals surface area contributed by atoms with Crippen LogP contribution in [0.1, 0.15) is 18.9 Å². The number of hydrogen-bond acceptors (Lipinski definition) is 5. The number of carbonyl (C=O) groups is 1. The fourth-order valence-electron chi connectivity index (χ4n) is 2.25. The number of carbonyl (C=O) groups excluding carboxylic acids is 1. The van der Waals surface area contributed by atoms with Gasteiger partial charge in [-0.05, 0) is 24.2 Å². The van der Waals surface area contributed by atoms with Gasteiger partial charge in [0.15, 0.2) is 5.75 Å². The average Bonchev–Trinajstić information content (AvgIpc) is 2.61. The summed E-state index contributed by atoms with van der Waals surface area (Å²) in [7, 11) is 0. The maximum absolute atomic E-state index is 12.1. The fraction of sp³-hybridized carbons (Fsp3) is 0.278. The topological polar surface area (TPSA) is 93.5 Å². The Hall–Kier alpha value is -2.93. The van der Waals surface area contributed by atoms with Gasteiger partial charge in [0.2, 0.25) is 5.91 Å². The van der Waals surface area contributed by atoms with Gasteiger partial charge in [-0.3, -0.25) is 14.9 Å². The standard InChI is InChI=1S/C18H21N3O4/c1-2-19-13-14-7-3-4-8-15(14)20-18(22)11-12-25-17-10-6-5-9-16(17)21(23)24/h3-10,19H,2,11-13H2,1H3,(H,20,22). The van der Waals surface area contributed by atoms with Gasteiger partial charge in [-0.25, -0.2) is 0 Å². The molecule has 0 aliphatic carbocycles. The van der Waals surface area contributed by atoms with Crippen molar-refractivity contribution in [2.45, 2.75) is 19.9 Å². The second kappa shape index (κ2) is 9.39. The summed E-state index contributed by atoms with van der Waals surface area (Å²) in [6.07, 6.45) is 0.0988. The smallest absolute Gasteiger partial charge is 0.310 e. The van der Waals surface area contributed by atoms with E-state index in [2.05, 4.69) is 10.6 Å². The van der Waals surface area contributed by atoms with Crippen molar-refractivity contribution in [3.8, 4) is 5.75 Å². The molecular weight excluding hydrogens is 322 g/mol. The van der Waals surface area contributed by atoms with Gasteiger partial charge >= 0.3 is 5.69 Å². The molecule has 0 radical (unpaired) electrons. The molecule has 0 aromatic heterocycles. The van der Waals surface area contributed by atoms with E-state index in [-0.39, 0.29) is 30.4 Å². The Kier molecular flexibility index (Phi) is 6.91. The molecule has 7 heteroatoms. The van der Waals surface area contributed by atoms with E-state index in [1.54, 1.807) is 12.1 Å². The molecular formula is C18H21N3O4. The Balaban J connectivity index is 1.89. The normalized spacial score (nSPS) is 10.3. The van der Waals surface area contributed by atoms with Gasteiger partial charge in [0.25, 0.3) is 0 Å². The number of nitrogens with one attached hydrogen (secondary N) is 2. The van der Waals surface area contributed by atoms with Crippen molar-refractivity contribution in [3.05, 3.63) is 64.2 Å².